The Kier molecular flexibility index (Phi) is 6.67. The average molecular weight is 355 g/mol. The van der Waals surface area contributed by atoms with Crippen molar-refractivity contribution < 1.29 is 27.8 Å². The number of halogens is 4. The molecule has 1 aromatic rings. The van der Waals surface area contributed by atoms with Gasteiger partial charge in [0.05, 0.1) is 12.1 Å². The van der Waals surface area contributed by atoms with Gasteiger partial charge >= 0.3 is 6.18 Å². The molecule has 3 N–H and O–H groups in total. The molecule has 1 aliphatic heterocycles. The first-order chi connectivity index (χ1) is 10.3. The summed E-state index contributed by atoms with van der Waals surface area (Å²) >= 11 is 0. The number of carbonyl (C=O) groups is 1. The van der Waals surface area contributed by atoms with Crippen molar-refractivity contribution in [2.24, 2.45) is 0 Å². The first kappa shape index (κ1) is 19.5. The Morgan fingerprint density at radius 2 is 2.17 bits per heavy atom. The molecule has 1 aromatic carbocycles. The Morgan fingerprint density at radius 3 is 2.74 bits per heavy atom. The largest absolute Gasteiger partial charge is 0.484 e. The van der Waals surface area contributed by atoms with Crippen LogP contribution in [0.5, 0.6) is 5.75 Å². The van der Waals surface area contributed by atoms with Gasteiger partial charge in [-0.05, 0) is 25.5 Å². The Bertz CT molecular complexity index is 555. The minimum Gasteiger partial charge on any atom is -0.484 e. The average Bonchev–Trinajstić information content (AvgIpc) is 2.85. The normalized spacial score (nSPS) is 20.7. The molecular weight excluding hydrogens is 337 g/mol. The number of anilines is 1. The Balaban J connectivity index is 0.00000264. The fourth-order valence-corrected chi connectivity index (χ4v) is 2.20. The lowest BCUT2D eigenvalue weighted by Gasteiger charge is -2.16. The molecule has 1 aliphatic rings. The van der Waals surface area contributed by atoms with Crippen LogP contribution < -0.4 is 15.4 Å². The van der Waals surface area contributed by atoms with Gasteiger partial charge in [0.15, 0.2) is 6.61 Å². The number of benzene rings is 1. The van der Waals surface area contributed by atoms with E-state index in [0.29, 0.717) is 24.2 Å². The highest BCUT2D eigenvalue weighted by atomic mass is 35.5. The van der Waals surface area contributed by atoms with Crippen LogP contribution in [0.4, 0.5) is 18.9 Å². The maximum Gasteiger partial charge on any atom is 0.422 e. The van der Waals surface area contributed by atoms with Gasteiger partial charge < -0.3 is 20.5 Å². The fraction of sp³-hybridized carbons (Fsp3) is 0.500. The zero-order chi connectivity index (χ0) is 16.3. The van der Waals surface area contributed by atoms with Crippen LogP contribution in [0.1, 0.15) is 12.0 Å². The van der Waals surface area contributed by atoms with Crippen LogP contribution in [0.2, 0.25) is 0 Å². The van der Waals surface area contributed by atoms with Gasteiger partial charge in [-0.1, -0.05) is 6.07 Å². The minimum absolute atomic E-state index is 0. The lowest BCUT2D eigenvalue weighted by atomic mass is 10.1. The van der Waals surface area contributed by atoms with Gasteiger partial charge in [0.1, 0.15) is 5.75 Å². The van der Waals surface area contributed by atoms with Crippen molar-refractivity contribution in [3.05, 3.63) is 23.8 Å². The second-order valence-corrected chi connectivity index (χ2v) is 5.17. The van der Waals surface area contributed by atoms with E-state index in [9.17, 15) is 23.1 Å². The summed E-state index contributed by atoms with van der Waals surface area (Å²) in [5.41, 5.74) is 0.798. The molecule has 2 unspecified atom stereocenters. The smallest absolute Gasteiger partial charge is 0.422 e. The third-order valence-electron chi connectivity index (χ3n) is 3.36. The highest BCUT2D eigenvalue weighted by Crippen LogP contribution is 2.27. The second kappa shape index (κ2) is 7.85. The molecule has 2 atom stereocenters. The first-order valence-electron chi connectivity index (χ1n) is 6.78. The number of ether oxygens (including phenoxy) is 1. The number of aliphatic hydroxyl groups excluding tert-OH is 1. The third kappa shape index (κ3) is 5.56. The van der Waals surface area contributed by atoms with Gasteiger partial charge in [0, 0.05) is 17.8 Å². The lowest BCUT2D eigenvalue weighted by Crippen LogP contribution is -2.35. The molecule has 5 nitrogen and oxygen atoms in total. The van der Waals surface area contributed by atoms with E-state index in [1.807, 2.05) is 0 Å². The number of amides is 1. The molecule has 0 aromatic heterocycles. The minimum atomic E-state index is -4.42. The van der Waals surface area contributed by atoms with Crippen LogP contribution in [0, 0.1) is 6.92 Å². The van der Waals surface area contributed by atoms with Crippen LogP contribution in [0.3, 0.4) is 0 Å². The Labute approximate surface area is 137 Å². The Hall–Kier alpha value is -1.51. The monoisotopic (exact) mass is 354 g/mol. The van der Waals surface area contributed by atoms with E-state index in [0.717, 1.165) is 0 Å². The van der Waals surface area contributed by atoms with Crippen LogP contribution in [0.25, 0.3) is 0 Å². The predicted molar refractivity (Wildman–Crippen MR) is 81.0 cm³/mol. The number of β-amino-alcohol motifs (C(OH)–C–C–N with tert-alkyl or cyclic N) is 1. The van der Waals surface area contributed by atoms with Gasteiger partial charge in [-0.3, -0.25) is 4.79 Å². The summed E-state index contributed by atoms with van der Waals surface area (Å²) in [7, 11) is 0. The summed E-state index contributed by atoms with van der Waals surface area (Å²) in [4.78, 5) is 12.0. The lowest BCUT2D eigenvalue weighted by molar-refractivity contribution is -0.153. The summed E-state index contributed by atoms with van der Waals surface area (Å²) in [6, 6.07) is 3.98. The molecule has 1 fully saturated rings. The van der Waals surface area contributed by atoms with E-state index in [-0.39, 0.29) is 24.1 Å². The molecule has 0 spiro atoms. The van der Waals surface area contributed by atoms with Gasteiger partial charge in [-0.15, -0.1) is 12.4 Å². The summed E-state index contributed by atoms with van der Waals surface area (Å²) in [6.45, 7) is 0.520. The second-order valence-electron chi connectivity index (χ2n) is 5.17. The van der Waals surface area contributed by atoms with E-state index < -0.39 is 24.9 Å². The zero-order valence-corrected chi connectivity index (χ0v) is 13.1. The highest BCUT2D eigenvalue weighted by molar-refractivity contribution is 5.96. The topological polar surface area (TPSA) is 70.6 Å². The Morgan fingerprint density at radius 1 is 1.48 bits per heavy atom. The SMILES string of the molecule is Cc1c(NC(=O)C2CC(O)CN2)cccc1OCC(F)(F)F.Cl. The van der Waals surface area contributed by atoms with Crippen molar-refractivity contribution in [1.82, 2.24) is 5.32 Å². The molecule has 9 heteroatoms. The van der Waals surface area contributed by atoms with E-state index in [1.165, 1.54) is 12.1 Å². The van der Waals surface area contributed by atoms with Crippen molar-refractivity contribution in [3.8, 4) is 5.75 Å². The predicted octanol–water partition coefficient (Wildman–Crippen LogP) is 2.02. The molecule has 23 heavy (non-hydrogen) atoms. The summed E-state index contributed by atoms with van der Waals surface area (Å²) in [5.74, 6) is -0.276. The number of carbonyl (C=O) groups excluding carboxylic acids is 1. The number of hydrogen-bond acceptors (Lipinski definition) is 4. The molecule has 1 amide bonds. The molecular formula is C14H18ClF3N2O3. The third-order valence-corrected chi connectivity index (χ3v) is 3.36. The number of alkyl halides is 3. The summed E-state index contributed by atoms with van der Waals surface area (Å²) in [6.07, 6.45) is -4.69. The van der Waals surface area contributed by atoms with Gasteiger partial charge in [-0.25, -0.2) is 0 Å². The van der Waals surface area contributed by atoms with E-state index >= 15 is 0 Å². The molecule has 1 saturated heterocycles. The number of hydrogen-bond donors (Lipinski definition) is 3. The molecule has 0 aliphatic carbocycles. The van der Waals surface area contributed by atoms with Crippen LogP contribution >= 0.6 is 12.4 Å². The number of nitrogens with one attached hydrogen (secondary N) is 2. The van der Waals surface area contributed by atoms with Crippen molar-refractivity contribution in [2.75, 3.05) is 18.5 Å². The van der Waals surface area contributed by atoms with Crippen LogP contribution in [0.15, 0.2) is 18.2 Å². The highest BCUT2D eigenvalue weighted by Gasteiger charge is 2.30. The molecule has 0 bridgehead atoms. The maximum absolute atomic E-state index is 12.2. The summed E-state index contributed by atoms with van der Waals surface area (Å²) in [5, 5.41) is 14.9. The molecule has 1 heterocycles. The number of aliphatic hydroxyl groups is 1. The van der Waals surface area contributed by atoms with Gasteiger partial charge in [0.25, 0.3) is 0 Å². The zero-order valence-electron chi connectivity index (χ0n) is 12.3. The first-order valence-corrected chi connectivity index (χ1v) is 6.78. The van der Waals surface area contributed by atoms with Crippen molar-refractivity contribution in [1.29, 1.82) is 0 Å². The van der Waals surface area contributed by atoms with E-state index in [4.69, 9.17) is 4.74 Å². The van der Waals surface area contributed by atoms with E-state index in [1.54, 1.807) is 13.0 Å². The molecule has 2 rings (SSSR count). The van der Waals surface area contributed by atoms with Crippen LogP contribution in [-0.4, -0.2) is 42.5 Å². The van der Waals surface area contributed by atoms with Gasteiger partial charge in [-0.2, -0.15) is 13.2 Å². The molecule has 0 radical (unpaired) electrons. The van der Waals surface area contributed by atoms with Crippen molar-refractivity contribution in [3.63, 3.8) is 0 Å². The molecule has 0 saturated carbocycles. The van der Waals surface area contributed by atoms with Crippen LogP contribution in [-0.2, 0) is 4.79 Å². The maximum atomic E-state index is 12.2. The fourth-order valence-electron chi connectivity index (χ4n) is 2.20. The van der Waals surface area contributed by atoms with Crippen molar-refractivity contribution >= 4 is 24.0 Å². The quantitative estimate of drug-likeness (QED) is 0.773. The number of rotatable bonds is 4. The van der Waals surface area contributed by atoms with Gasteiger partial charge in [0.2, 0.25) is 5.91 Å². The van der Waals surface area contributed by atoms with E-state index in [2.05, 4.69) is 10.6 Å². The summed E-state index contributed by atoms with van der Waals surface area (Å²) < 4.78 is 41.3. The standard InChI is InChI=1S/C14H17F3N2O3.ClH/c1-8-10(19-13(21)11-5-9(20)6-18-11)3-2-4-12(8)22-7-14(15,16)17;/h2-4,9,11,18,20H,5-7H2,1H3,(H,19,21);1H. The van der Waals surface area contributed by atoms with Crippen molar-refractivity contribution in [2.45, 2.75) is 31.7 Å². The molecule has 130 valence electrons.